The first-order valence-corrected chi connectivity index (χ1v) is 11.0. The third-order valence-electron chi connectivity index (χ3n) is 4.03. The summed E-state index contributed by atoms with van der Waals surface area (Å²) >= 11 is 1.16. The number of hydrogen-bond acceptors (Lipinski definition) is 4. The second-order valence-electron chi connectivity index (χ2n) is 6.00. The Morgan fingerprint density at radius 3 is 2.64 bits per heavy atom. The topological polar surface area (TPSA) is 68.5 Å². The number of amides is 1. The molecule has 2 aromatic carbocycles. The number of para-hydroxylation sites is 1. The Kier molecular flexibility index (Phi) is 6.07. The minimum absolute atomic E-state index is 0.0289. The number of aromatic nitrogens is 1. The molecule has 28 heavy (non-hydrogen) atoms. The van der Waals surface area contributed by atoms with Crippen LogP contribution in [0.1, 0.15) is 12.8 Å². The van der Waals surface area contributed by atoms with Crippen LogP contribution in [0.2, 0.25) is 0 Å². The fraction of sp³-hybridized carbons (Fsp3) is 0.200. The molecule has 0 bridgehead atoms. The van der Waals surface area contributed by atoms with E-state index in [4.69, 9.17) is 6.42 Å². The monoisotopic (exact) mass is 416 g/mol. The first-order valence-electron chi connectivity index (χ1n) is 8.49. The van der Waals surface area contributed by atoms with Gasteiger partial charge in [0.15, 0.2) is 14.6 Å². The number of benzene rings is 2. The Balaban J connectivity index is 1.77. The number of thiazole rings is 1. The lowest BCUT2D eigenvalue weighted by molar-refractivity contribution is -0.118. The van der Waals surface area contributed by atoms with Gasteiger partial charge in [0.1, 0.15) is 5.82 Å². The van der Waals surface area contributed by atoms with Crippen LogP contribution in [-0.2, 0) is 21.2 Å². The van der Waals surface area contributed by atoms with E-state index in [0.29, 0.717) is 15.0 Å². The number of carbonyl (C=O) groups excluding carboxylic acids is 1. The number of nitrogens with zero attached hydrogens (tertiary/aromatic N) is 2. The molecule has 0 atom stereocenters. The van der Waals surface area contributed by atoms with Crippen molar-refractivity contribution in [1.82, 2.24) is 4.57 Å². The molecule has 0 aliphatic carbocycles. The smallest absolute Gasteiger partial charge is 0.248 e. The zero-order valence-electron chi connectivity index (χ0n) is 14.8. The van der Waals surface area contributed by atoms with E-state index in [-0.39, 0.29) is 30.0 Å². The van der Waals surface area contributed by atoms with Crippen LogP contribution in [0.15, 0.2) is 58.4 Å². The maximum absolute atomic E-state index is 14.1. The van der Waals surface area contributed by atoms with Gasteiger partial charge in [-0.2, -0.15) is 4.99 Å². The highest BCUT2D eigenvalue weighted by Crippen LogP contribution is 2.20. The highest BCUT2D eigenvalue weighted by atomic mass is 32.2. The number of hydrogen-bond donors (Lipinski definition) is 0. The largest absolute Gasteiger partial charge is 0.302 e. The zero-order valence-corrected chi connectivity index (χ0v) is 16.5. The van der Waals surface area contributed by atoms with E-state index in [1.54, 1.807) is 30.3 Å². The lowest BCUT2D eigenvalue weighted by Crippen LogP contribution is -2.17. The quantitative estimate of drug-likeness (QED) is 0.580. The highest BCUT2D eigenvalue weighted by Gasteiger charge is 2.15. The Bertz CT molecular complexity index is 1220. The van der Waals surface area contributed by atoms with Crippen molar-refractivity contribution in [2.24, 2.45) is 4.99 Å². The fourth-order valence-corrected chi connectivity index (χ4v) is 5.12. The predicted octanol–water partition coefficient (Wildman–Crippen LogP) is 3.16. The molecule has 1 heterocycles. The Morgan fingerprint density at radius 2 is 1.93 bits per heavy atom. The molecule has 0 saturated carbocycles. The van der Waals surface area contributed by atoms with Crippen molar-refractivity contribution in [1.29, 1.82) is 0 Å². The van der Waals surface area contributed by atoms with Crippen molar-refractivity contribution in [3.8, 4) is 12.3 Å². The molecule has 0 aliphatic heterocycles. The maximum Gasteiger partial charge on any atom is 0.248 e. The van der Waals surface area contributed by atoms with E-state index in [2.05, 4.69) is 10.9 Å². The summed E-state index contributed by atoms with van der Waals surface area (Å²) in [5, 5.41) is 0. The van der Waals surface area contributed by atoms with Crippen LogP contribution in [0.3, 0.4) is 0 Å². The molecule has 0 fully saturated rings. The molecule has 8 heteroatoms. The van der Waals surface area contributed by atoms with Gasteiger partial charge in [0, 0.05) is 6.42 Å². The van der Waals surface area contributed by atoms with Gasteiger partial charge in [0.25, 0.3) is 0 Å². The number of rotatable bonds is 6. The summed E-state index contributed by atoms with van der Waals surface area (Å²) in [4.78, 5) is 16.8. The van der Waals surface area contributed by atoms with Crippen LogP contribution < -0.4 is 4.80 Å². The molecule has 0 spiro atoms. The van der Waals surface area contributed by atoms with E-state index >= 15 is 0 Å². The van der Waals surface area contributed by atoms with Crippen LogP contribution in [0.4, 0.5) is 4.39 Å². The summed E-state index contributed by atoms with van der Waals surface area (Å²) < 4.78 is 40.8. The van der Waals surface area contributed by atoms with Crippen molar-refractivity contribution in [3.63, 3.8) is 0 Å². The van der Waals surface area contributed by atoms with E-state index in [1.807, 2.05) is 0 Å². The van der Waals surface area contributed by atoms with E-state index in [0.717, 1.165) is 11.3 Å². The van der Waals surface area contributed by atoms with E-state index < -0.39 is 21.6 Å². The minimum atomic E-state index is -3.44. The average Bonchev–Trinajstić information content (AvgIpc) is 3.01. The number of halogens is 1. The average molecular weight is 416 g/mol. The molecular weight excluding hydrogens is 399 g/mol. The molecule has 0 N–H and O–H groups in total. The third-order valence-corrected chi connectivity index (χ3v) is 6.89. The fourth-order valence-electron chi connectivity index (χ4n) is 2.73. The normalized spacial score (nSPS) is 12.2. The van der Waals surface area contributed by atoms with Gasteiger partial charge in [0.05, 0.1) is 27.4 Å². The number of terminal acetylenes is 1. The second-order valence-corrected chi connectivity index (χ2v) is 9.12. The molecular formula is C20H17FN2O3S2. The summed E-state index contributed by atoms with van der Waals surface area (Å²) in [6.45, 7) is 0.0788. The molecule has 0 saturated heterocycles. The van der Waals surface area contributed by atoms with Gasteiger partial charge in [-0.3, -0.25) is 4.79 Å². The number of fused-ring (bicyclic) bond motifs is 1. The number of carbonyl (C=O) groups is 1. The molecule has 144 valence electrons. The van der Waals surface area contributed by atoms with Gasteiger partial charge in [-0.05, 0) is 30.7 Å². The van der Waals surface area contributed by atoms with Crippen molar-refractivity contribution in [2.75, 3.05) is 5.75 Å². The SMILES string of the molecule is C#CCn1c(=NC(=O)CCCS(=O)(=O)c2ccccc2)sc2cccc(F)c21. The second kappa shape index (κ2) is 8.50. The van der Waals surface area contributed by atoms with Crippen molar-refractivity contribution >= 4 is 37.3 Å². The molecule has 3 rings (SSSR count). The standard InChI is InChI=1S/C20H17FN2O3S2/c1-2-13-23-19-16(21)10-6-11-17(19)27-20(23)22-18(24)12-7-14-28(25,26)15-8-4-3-5-9-15/h1,3-6,8-11H,7,12-14H2. The lowest BCUT2D eigenvalue weighted by Gasteiger charge is -2.03. The van der Waals surface area contributed by atoms with Gasteiger partial charge in [0.2, 0.25) is 5.91 Å². The predicted molar refractivity (Wildman–Crippen MR) is 107 cm³/mol. The van der Waals surface area contributed by atoms with Crippen molar-refractivity contribution in [2.45, 2.75) is 24.3 Å². The molecule has 1 amide bonds. The lowest BCUT2D eigenvalue weighted by atomic mass is 10.3. The molecule has 0 aliphatic rings. The van der Waals surface area contributed by atoms with Crippen LogP contribution in [0.25, 0.3) is 10.2 Å². The Hall–Kier alpha value is -2.76. The number of sulfone groups is 1. The molecule has 0 unspecified atom stereocenters. The van der Waals surface area contributed by atoms with Gasteiger partial charge >= 0.3 is 0 Å². The summed E-state index contributed by atoms with van der Waals surface area (Å²) in [5.41, 5.74) is 0.309. The van der Waals surface area contributed by atoms with E-state index in [9.17, 15) is 17.6 Å². The van der Waals surface area contributed by atoms with Crippen LogP contribution >= 0.6 is 11.3 Å². The van der Waals surface area contributed by atoms with Crippen LogP contribution in [-0.4, -0.2) is 24.6 Å². The van der Waals surface area contributed by atoms with E-state index in [1.165, 1.54) is 22.8 Å². The van der Waals surface area contributed by atoms with Crippen molar-refractivity contribution < 1.29 is 17.6 Å². The summed E-state index contributed by atoms with van der Waals surface area (Å²) in [6.07, 6.45) is 5.48. The van der Waals surface area contributed by atoms with Crippen LogP contribution in [0.5, 0.6) is 0 Å². The Morgan fingerprint density at radius 1 is 1.18 bits per heavy atom. The summed E-state index contributed by atoms with van der Waals surface area (Å²) in [5.74, 6) is 1.38. The first-order chi connectivity index (χ1) is 13.4. The van der Waals surface area contributed by atoms with Gasteiger partial charge < -0.3 is 4.57 Å². The first kappa shape index (κ1) is 20.0. The van der Waals surface area contributed by atoms with Gasteiger partial charge in [-0.1, -0.05) is 41.5 Å². The maximum atomic E-state index is 14.1. The summed E-state index contributed by atoms with van der Waals surface area (Å²) in [6, 6.07) is 12.7. The van der Waals surface area contributed by atoms with Gasteiger partial charge in [-0.25, -0.2) is 12.8 Å². The van der Waals surface area contributed by atoms with Crippen molar-refractivity contribution in [3.05, 3.63) is 59.1 Å². The third kappa shape index (κ3) is 4.38. The zero-order chi connectivity index (χ0) is 20.1. The Labute approximate surface area is 166 Å². The van der Waals surface area contributed by atoms with Gasteiger partial charge in [-0.15, -0.1) is 6.42 Å². The molecule has 1 aromatic heterocycles. The molecule has 5 nitrogen and oxygen atoms in total. The minimum Gasteiger partial charge on any atom is -0.302 e. The highest BCUT2D eigenvalue weighted by molar-refractivity contribution is 7.91. The summed E-state index contributed by atoms with van der Waals surface area (Å²) in [7, 11) is -3.44. The molecule has 3 aromatic rings. The molecule has 0 radical (unpaired) electrons. The van der Waals surface area contributed by atoms with Crippen LogP contribution in [0, 0.1) is 18.2 Å².